The maximum atomic E-state index is 13.6. The zero-order valence-electron chi connectivity index (χ0n) is 10.5. The molecule has 2 aromatic rings. The maximum Gasteiger partial charge on any atom is 0.162 e. The molecule has 0 heterocycles. The Hall–Kier alpha value is -1.81. The topological polar surface area (TPSA) is 12.0 Å². The fourth-order valence-electron chi connectivity index (χ4n) is 2.04. The lowest BCUT2D eigenvalue weighted by atomic mass is 9.98. The Morgan fingerprint density at radius 2 is 1.79 bits per heavy atom. The van der Waals surface area contributed by atoms with E-state index in [1.165, 1.54) is 24.3 Å². The first-order valence-corrected chi connectivity index (χ1v) is 5.97. The lowest BCUT2D eigenvalue weighted by Gasteiger charge is -2.17. The van der Waals surface area contributed by atoms with Gasteiger partial charge in [-0.3, -0.25) is 0 Å². The van der Waals surface area contributed by atoms with Crippen molar-refractivity contribution in [1.29, 1.82) is 0 Å². The second-order valence-electron chi connectivity index (χ2n) is 4.31. The minimum atomic E-state index is -0.869. The Morgan fingerprint density at radius 3 is 2.47 bits per heavy atom. The summed E-state index contributed by atoms with van der Waals surface area (Å²) in [7, 11) is 1.70. The largest absolute Gasteiger partial charge is 0.313 e. The fraction of sp³-hybridized carbons (Fsp3) is 0.200. The minimum Gasteiger partial charge on any atom is -0.313 e. The fourth-order valence-corrected chi connectivity index (χ4v) is 2.04. The van der Waals surface area contributed by atoms with Crippen LogP contribution in [-0.4, -0.2) is 7.05 Å². The van der Waals surface area contributed by atoms with Gasteiger partial charge in [0.2, 0.25) is 0 Å². The molecule has 4 heteroatoms. The van der Waals surface area contributed by atoms with E-state index in [9.17, 15) is 13.2 Å². The summed E-state index contributed by atoms with van der Waals surface area (Å²) in [5, 5.41) is 2.98. The Bertz CT molecular complexity index is 569. The van der Waals surface area contributed by atoms with Gasteiger partial charge in [-0.15, -0.1) is 0 Å². The molecule has 1 atom stereocenters. The molecule has 0 radical (unpaired) electrons. The number of halogens is 3. The van der Waals surface area contributed by atoms with E-state index in [1.54, 1.807) is 19.2 Å². The highest BCUT2D eigenvalue weighted by Gasteiger charge is 2.15. The molecule has 0 amide bonds. The first kappa shape index (κ1) is 13.6. The van der Waals surface area contributed by atoms with Gasteiger partial charge >= 0.3 is 0 Å². The van der Waals surface area contributed by atoms with E-state index < -0.39 is 11.6 Å². The summed E-state index contributed by atoms with van der Waals surface area (Å²) in [5.41, 5.74) is 0.967. The highest BCUT2D eigenvalue weighted by Crippen LogP contribution is 2.21. The van der Waals surface area contributed by atoms with Gasteiger partial charge in [-0.2, -0.15) is 0 Å². The molecular weight excluding hydrogens is 251 g/mol. The first-order valence-electron chi connectivity index (χ1n) is 5.97. The molecule has 0 aliphatic carbocycles. The molecule has 0 fully saturated rings. The maximum absolute atomic E-state index is 13.6. The van der Waals surface area contributed by atoms with E-state index in [1.807, 2.05) is 0 Å². The summed E-state index contributed by atoms with van der Waals surface area (Å²) in [6.07, 6.45) is 0.254. The number of rotatable bonds is 4. The smallest absolute Gasteiger partial charge is 0.162 e. The van der Waals surface area contributed by atoms with Crippen molar-refractivity contribution in [3.8, 4) is 0 Å². The zero-order valence-corrected chi connectivity index (χ0v) is 10.5. The summed E-state index contributed by atoms with van der Waals surface area (Å²) in [6.45, 7) is 0. The van der Waals surface area contributed by atoms with Crippen LogP contribution in [0.15, 0.2) is 42.5 Å². The molecule has 100 valence electrons. The van der Waals surface area contributed by atoms with Crippen molar-refractivity contribution in [2.45, 2.75) is 12.5 Å². The van der Waals surface area contributed by atoms with Crippen LogP contribution in [0.4, 0.5) is 13.2 Å². The predicted molar refractivity (Wildman–Crippen MR) is 68.3 cm³/mol. The van der Waals surface area contributed by atoms with Gasteiger partial charge in [-0.1, -0.05) is 24.3 Å². The van der Waals surface area contributed by atoms with Gasteiger partial charge in [0.1, 0.15) is 5.82 Å². The monoisotopic (exact) mass is 265 g/mol. The average molecular weight is 265 g/mol. The molecule has 2 aromatic carbocycles. The summed E-state index contributed by atoms with van der Waals surface area (Å²) < 4.78 is 39.9. The van der Waals surface area contributed by atoms with Crippen molar-refractivity contribution in [2.75, 3.05) is 7.05 Å². The van der Waals surface area contributed by atoms with Crippen LogP contribution >= 0.6 is 0 Å². The highest BCUT2D eigenvalue weighted by molar-refractivity contribution is 5.25. The molecule has 0 saturated carbocycles. The Labute approximate surface area is 110 Å². The lowest BCUT2D eigenvalue weighted by molar-refractivity contribution is 0.486. The van der Waals surface area contributed by atoms with Crippen molar-refractivity contribution < 1.29 is 13.2 Å². The van der Waals surface area contributed by atoms with Gasteiger partial charge in [-0.05, 0) is 42.8 Å². The highest BCUT2D eigenvalue weighted by atomic mass is 19.2. The molecule has 1 nitrogen and oxygen atoms in total. The van der Waals surface area contributed by atoms with E-state index in [0.717, 1.165) is 6.07 Å². The van der Waals surface area contributed by atoms with E-state index >= 15 is 0 Å². The molecule has 0 aliphatic heterocycles. The number of hydrogen-bond acceptors (Lipinski definition) is 1. The Morgan fingerprint density at radius 1 is 1.05 bits per heavy atom. The van der Waals surface area contributed by atoms with Crippen LogP contribution in [0.5, 0.6) is 0 Å². The normalized spacial score (nSPS) is 12.4. The van der Waals surface area contributed by atoms with Crippen LogP contribution in [-0.2, 0) is 6.42 Å². The van der Waals surface area contributed by atoms with Gasteiger partial charge in [-0.25, -0.2) is 13.2 Å². The molecule has 2 rings (SSSR count). The van der Waals surface area contributed by atoms with E-state index in [4.69, 9.17) is 0 Å². The second-order valence-corrected chi connectivity index (χ2v) is 4.31. The Kier molecular flexibility index (Phi) is 4.22. The molecule has 1 unspecified atom stereocenters. The molecule has 0 bridgehead atoms. The summed E-state index contributed by atoms with van der Waals surface area (Å²) in [5.74, 6) is -2.07. The van der Waals surface area contributed by atoms with Crippen molar-refractivity contribution in [2.24, 2.45) is 0 Å². The first-order chi connectivity index (χ1) is 9.11. The minimum absolute atomic E-state index is 0.254. The lowest BCUT2D eigenvalue weighted by Crippen LogP contribution is -2.19. The van der Waals surface area contributed by atoms with Crippen molar-refractivity contribution in [1.82, 2.24) is 5.32 Å². The molecule has 1 N–H and O–H groups in total. The van der Waals surface area contributed by atoms with Crippen molar-refractivity contribution in [3.63, 3.8) is 0 Å². The van der Waals surface area contributed by atoms with E-state index in [-0.39, 0.29) is 23.8 Å². The van der Waals surface area contributed by atoms with Crippen molar-refractivity contribution >= 4 is 0 Å². The third-order valence-corrected chi connectivity index (χ3v) is 3.06. The number of likely N-dealkylation sites (N-methyl/N-ethyl adjacent to an activating group) is 1. The van der Waals surface area contributed by atoms with Crippen LogP contribution < -0.4 is 5.32 Å². The average Bonchev–Trinajstić information content (AvgIpc) is 2.40. The van der Waals surface area contributed by atoms with Gasteiger partial charge in [0.15, 0.2) is 11.6 Å². The van der Waals surface area contributed by atoms with E-state index in [2.05, 4.69) is 5.32 Å². The molecule has 19 heavy (non-hydrogen) atoms. The summed E-state index contributed by atoms with van der Waals surface area (Å²) in [4.78, 5) is 0. The van der Waals surface area contributed by atoms with Gasteiger partial charge in [0.25, 0.3) is 0 Å². The third kappa shape index (κ3) is 3.15. The van der Waals surface area contributed by atoms with Crippen LogP contribution in [0.1, 0.15) is 17.2 Å². The predicted octanol–water partition coefficient (Wildman–Crippen LogP) is 3.61. The number of benzene rings is 2. The second kappa shape index (κ2) is 5.89. The standard InChI is InChI=1S/C15H14F3N/c1-19-14(10-4-2-6-12(16)8-10)9-11-5-3-7-13(17)15(11)18/h2-8,14,19H,9H2,1H3. The van der Waals surface area contributed by atoms with Crippen molar-refractivity contribution in [3.05, 3.63) is 71.0 Å². The summed E-state index contributed by atoms with van der Waals surface area (Å²) in [6, 6.07) is 9.88. The SMILES string of the molecule is CNC(Cc1cccc(F)c1F)c1cccc(F)c1. The van der Waals surface area contributed by atoms with Crippen LogP contribution in [0.3, 0.4) is 0 Å². The molecule has 0 saturated heterocycles. The zero-order chi connectivity index (χ0) is 13.8. The van der Waals surface area contributed by atoms with Crippen LogP contribution in [0.2, 0.25) is 0 Å². The van der Waals surface area contributed by atoms with Crippen LogP contribution in [0, 0.1) is 17.5 Å². The number of nitrogens with one attached hydrogen (secondary N) is 1. The number of hydrogen-bond donors (Lipinski definition) is 1. The quantitative estimate of drug-likeness (QED) is 0.890. The Balaban J connectivity index is 2.26. The van der Waals surface area contributed by atoms with Gasteiger partial charge in [0, 0.05) is 6.04 Å². The van der Waals surface area contributed by atoms with Crippen LogP contribution in [0.25, 0.3) is 0 Å². The molecule has 0 aliphatic rings. The molecule has 0 spiro atoms. The molecular formula is C15H14F3N. The van der Waals surface area contributed by atoms with Gasteiger partial charge < -0.3 is 5.32 Å². The van der Waals surface area contributed by atoms with E-state index in [0.29, 0.717) is 5.56 Å². The molecule has 0 aromatic heterocycles. The van der Waals surface area contributed by atoms with Gasteiger partial charge in [0.05, 0.1) is 0 Å². The third-order valence-electron chi connectivity index (χ3n) is 3.06. The summed E-state index contributed by atoms with van der Waals surface area (Å²) >= 11 is 0.